The molecule has 3 rings (SSSR count). The van der Waals surface area contributed by atoms with E-state index in [1.54, 1.807) is 30.5 Å². The Morgan fingerprint density at radius 1 is 1.22 bits per heavy atom. The molecule has 0 bridgehead atoms. The molecule has 7 nitrogen and oxygen atoms in total. The van der Waals surface area contributed by atoms with Crippen LogP contribution in [0.3, 0.4) is 0 Å². The Bertz CT molecular complexity index is 823. The fourth-order valence-electron chi connectivity index (χ4n) is 2.00. The van der Waals surface area contributed by atoms with Crippen molar-refractivity contribution in [1.82, 2.24) is 15.1 Å². The number of aliphatic hydroxyl groups excluding tert-OH is 1. The van der Waals surface area contributed by atoms with Crippen LogP contribution in [-0.4, -0.2) is 20.2 Å². The maximum absolute atomic E-state index is 9.38. The van der Waals surface area contributed by atoms with Crippen LogP contribution in [0, 0.1) is 11.3 Å². The number of aromatic nitrogens is 3. The fourth-order valence-corrected chi connectivity index (χ4v) is 2.00. The van der Waals surface area contributed by atoms with E-state index in [1.165, 1.54) is 6.20 Å². The number of pyridine rings is 2. The van der Waals surface area contributed by atoms with Gasteiger partial charge in [0.05, 0.1) is 16.8 Å². The van der Waals surface area contributed by atoms with Crippen molar-refractivity contribution in [2.75, 3.05) is 0 Å². The molecule has 0 atom stereocenters. The van der Waals surface area contributed by atoms with Crippen molar-refractivity contribution in [3.8, 4) is 23.3 Å². The summed E-state index contributed by atoms with van der Waals surface area (Å²) >= 11 is 0. The van der Waals surface area contributed by atoms with Crippen LogP contribution in [0.4, 0.5) is 0 Å². The Morgan fingerprint density at radius 2 is 2.13 bits per heavy atom. The van der Waals surface area contributed by atoms with Crippen molar-refractivity contribution in [2.24, 2.45) is 0 Å². The van der Waals surface area contributed by atoms with Crippen LogP contribution < -0.4 is 4.74 Å². The summed E-state index contributed by atoms with van der Waals surface area (Å²) in [6.45, 7) is -0.177. The zero-order valence-corrected chi connectivity index (χ0v) is 12.0. The minimum Gasteiger partial charge on any atom is -0.473 e. The Hall–Kier alpha value is -3.24. The molecule has 3 aromatic rings. The number of ether oxygens (including phenoxy) is 1. The molecule has 3 heterocycles. The second-order valence-electron chi connectivity index (χ2n) is 4.59. The second kappa shape index (κ2) is 6.68. The van der Waals surface area contributed by atoms with Crippen LogP contribution in [0.2, 0.25) is 0 Å². The number of hydrogen-bond acceptors (Lipinski definition) is 7. The monoisotopic (exact) mass is 308 g/mol. The summed E-state index contributed by atoms with van der Waals surface area (Å²) < 4.78 is 10.7. The molecule has 23 heavy (non-hydrogen) atoms. The highest BCUT2D eigenvalue weighted by Crippen LogP contribution is 2.25. The molecule has 0 aromatic carbocycles. The number of aliphatic hydroxyl groups is 1. The summed E-state index contributed by atoms with van der Waals surface area (Å²) in [5.41, 5.74) is 2.20. The first-order valence-electron chi connectivity index (χ1n) is 6.80. The van der Waals surface area contributed by atoms with E-state index < -0.39 is 0 Å². The SMILES string of the molecule is N#Cc1ccc(OCc2c(-c3ccccn3)noc2CO)nc1. The Balaban J connectivity index is 1.84. The maximum Gasteiger partial charge on any atom is 0.213 e. The number of rotatable bonds is 5. The van der Waals surface area contributed by atoms with Gasteiger partial charge < -0.3 is 14.4 Å². The highest BCUT2D eigenvalue weighted by Gasteiger charge is 2.18. The van der Waals surface area contributed by atoms with Gasteiger partial charge in [-0.2, -0.15) is 5.26 Å². The Labute approximate surface area is 131 Å². The average Bonchev–Trinajstić information content (AvgIpc) is 3.04. The van der Waals surface area contributed by atoms with E-state index in [1.807, 2.05) is 12.1 Å². The summed E-state index contributed by atoms with van der Waals surface area (Å²) in [6, 6.07) is 10.6. The molecule has 0 amide bonds. The molecule has 0 aliphatic heterocycles. The lowest BCUT2D eigenvalue weighted by atomic mass is 10.1. The van der Waals surface area contributed by atoms with E-state index in [4.69, 9.17) is 14.5 Å². The van der Waals surface area contributed by atoms with Crippen LogP contribution in [0.25, 0.3) is 11.4 Å². The first kappa shape index (κ1) is 14.7. The zero-order chi connectivity index (χ0) is 16.1. The lowest BCUT2D eigenvalue weighted by molar-refractivity contribution is 0.221. The van der Waals surface area contributed by atoms with Gasteiger partial charge in [-0.1, -0.05) is 11.2 Å². The third-order valence-electron chi connectivity index (χ3n) is 3.15. The summed E-state index contributed by atoms with van der Waals surface area (Å²) in [6.07, 6.45) is 3.07. The molecule has 3 aromatic heterocycles. The topological polar surface area (TPSA) is 105 Å². The van der Waals surface area contributed by atoms with Gasteiger partial charge in [0, 0.05) is 18.5 Å². The molecule has 0 spiro atoms. The third kappa shape index (κ3) is 3.17. The van der Waals surface area contributed by atoms with Crippen molar-refractivity contribution in [2.45, 2.75) is 13.2 Å². The van der Waals surface area contributed by atoms with Gasteiger partial charge in [0.1, 0.15) is 25.0 Å². The van der Waals surface area contributed by atoms with E-state index in [9.17, 15) is 5.11 Å². The van der Waals surface area contributed by atoms with Gasteiger partial charge in [-0.25, -0.2) is 4.98 Å². The maximum atomic E-state index is 9.38. The van der Waals surface area contributed by atoms with Crippen molar-refractivity contribution >= 4 is 0 Å². The molecular formula is C16H12N4O3. The van der Waals surface area contributed by atoms with Gasteiger partial charge in [-0.05, 0) is 18.2 Å². The highest BCUT2D eigenvalue weighted by molar-refractivity contribution is 5.58. The van der Waals surface area contributed by atoms with Gasteiger partial charge in [0.25, 0.3) is 0 Å². The number of nitrogens with zero attached hydrogens (tertiary/aromatic N) is 4. The predicted molar refractivity (Wildman–Crippen MR) is 78.9 cm³/mol. The van der Waals surface area contributed by atoms with Crippen molar-refractivity contribution in [3.63, 3.8) is 0 Å². The van der Waals surface area contributed by atoms with Gasteiger partial charge in [-0.3, -0.25) is 4.98 Å². The Morgan fingerprint density at radius 3 is 2.78 bits per heavy atom. The average molecular weight is 308 g/mol. The van der Waals surface area contributed by atoms with E-state index in [2.05, 4.69) is 15.1 Å². The first-order valence-corrected chi connectivity index (χ1v) is 6.80. The van der Waals surface area contributed by atoms with Crippen molar-refractivity contribution in [1.29, 1.82) is 5.26 Å². The first-order chi connectivity index (χ1) is 11.3. The van der Waals surface area contributed by atoms with Crippen LogP contribution >= 0.6 is 0 Å². The molecule has 0 unspecified atom stereocenters. The van der Waals surface area contributed by atoms with Crippen LogP contribution in [0.1, 0.15) is 16.9 Å². The minimum absolute atomic E-state index is 0.115. The zero-order valence-electron chi connectivity index (χ0n) is 12.0. The molecule has 114 valence electrons. The van der Waals surface area contributed by atoms with Gasteiger partial charge >= 0.3 is 0 Å². The molecule has 0 aliphatic rings. The lowest BCUT2D eigenvalue weighted by Gasteiger charge is -2.06. The van der Waals surface area contributed by atoms with Gasteiger partial charge in [0.15, 0.2) is 5.76 Å². The summed E-state index contributed by atoms with van der Waals surface area (Å²) in [4.78, 5) is 8.26. The van der Waals surface area contributed by atoms with E-state index in [-0.39, 0.29) is 13.2 Å². The standard InChI is InChI=1S/C16H12N4O3/c17-7-11-4-5-15(19-8-11)22-10-12-14(9-21)23-20-16(12)13-3-1-2-6-18-13/h1-6,8,21H,9-10H2. The molecule has 0 fully saturated rings. The third-order valence-corrected chi connectivity index (χ3v) is 3.15. The predicted octanol–water partition coefficient (Wildman–Crippen LogP) is 2.07. The Kier molecular flexibility index (Phi) is 4.27. The van der Waals surface area contributed by atoms with Gasteiger partial charge in [-0.15, -0.1) is 0 Å². The molecular weight excluding hydrogens is 296 g/mol. The number of nitriles is 1. The van der Waals surface area contributed by atoms with E-state index in [0.29, 0.717) is 34.2 Å². The quantitative estimate of drug-likeness (QED) is 0.769. The number of hydrogen-bond donors (Lipinski definition) is 1. The summed E-state index contributed by atoms with van der Waals surface area (Å²) in [7, 11) is 0. The smallest absolute Gasteiger partial charge is 0.213 e. The molecule has 0 aliphatic carbocycles. The normalized spacial score (nSPS) is 10.3. The minimum atomic E-state index is -0.292. The molecule has 0 saturated heterocycles. The van der Waals surface area contributed by atoms with Crippen molar-refractivity contribution in [3.05, 3.63) is 59.6 Å². The van der Waals surface area contributed by atoms with Crippen LogP contribution in [0.15, 0.2) is 47.2 Å². The van der Waals surface area contributed by atoms with Crippen LogP contribution in [0.5, 0.6) is 5.88 Å². The van der Waals surface area contributed by atoms with E-state index in [0.717, 1.165) is 0 Å². The summed E-state index contributed by atoms with van der Waals surface area (Å²) in [5, 5.41) is 22.1. The second-order valence-corrected chi connectivity index (χ2v) is 4.59. The van der Waals surface area contributed by atoms with E-state index >= 15 is 0 Å². The van der Waals surface area contributed by atoms with Crippen LogP contribution in [-0.2, 0) is 13.2 Å². The molecule has 7 heteroatoms. The molecule has 1 N–H and O–H groups in total. The summed E-state index contributed by atoms with van der Waals surface area (Å²) in [5.74, 6) is 0.681. The lowest BCUT2D eigenvalue weighted by Crippen LogP contribution is -2.01. The largest absolute Gasteiger partial charge is 0.473 e. The van der Waals surface area contributed by atoms with Crippen molar-refractivity contribution < 1.29 is 14.4 Å². The highest BCUT2D eigenvalue weighted by atomic mass is 16.5. The molecule has 0 saturated carbocycles. The van der Waals surface area contributed by atoms with Gasteiger partial charge in [0.2, 0.25) is 5.88 Å². The molecule has 0 radical (unpaired) electrons. The fraction of sp³-hybridized carbons (Fsp3) is 0.125.